The summed E-state index contributed by atoms with van der Waals surface area (Å²) < 4.78 is 10.9. The van der Waals surface area contributed by atoms with E-state index in [1.54, 1.807) is 6.92 Å². The van der Waals surface area contributed by atoms with Crippen LogP contribution in [0.4, 0.5) is 0 Å². The van der Waals surface area contributed by atoms with E-state index >= 15 is 0 Å². The van der Waals surface area contributed by atoms with Gasteiger partial charge in [0.1, 0.15) is 0 Å². The fraction of sp³-hybridized carbons (Fsp3) is 1.00. The standard InChI is InChI=1S/C9H18O3.C8H16O2/c1-7(11)2-3-8-4-5-9(6-10)12-8;1-7(9)4-5-8-3-2-6-10-8/h7-11H,2-6H2,1H3;7-9H,2-6H2,1H3. The van der Waals surface area contributed by atoms with Gasteiger partial charge in [-0.1, -0.05) is 0 Å². The summed E-state index contributed by atoms with van der Waals surface area (Å²) in [7, 11) is 0. The molecule has 0 aromatic carbocycles. The third kappa shape index (κ3) is 9.06. The van der Waals surface area contributed by atoms with Gasteiger partial charge in [0.25, 0.3) is 0 Å². The summed E-state index contributed by atoms with van der Waals surface area (Å²) in [5, 5.41) is 26.8. The molecule has 5 nitrogen and oxygen atoms in total. The molecule has 0 bridgehead atoms. The van der Waals surface area contributed by atoms with Crippen molar-refractivity contribution in [2.24, 2.45) is 0 Å². The summed E-state index contributed by atoms with van der Waals surface area (Å²) >= 11 is 0. The highest BCUT2D eigenvalue weighted by Crippen LogP contribution is 2.23. The third-order valence-electron chi connectivity index (χ3n) is 4.24. The normalized spacial score (nSPS) is 30.7. The van der Waals surface area contributed by atoms with Gasteiger partial charge >= 0.3 is 0 Å². The van der Waals surface area contributed by atoms with E-state index in [0.29, 0.717) is 6.10 Å². The Balaban J connectivity index is 0.000000224. The van der Waals surface area contributed by atoms with Crippen molar-refractivity contribution in [3.8, 4) is 0 Å². The highest BCUT2D eigenvalue weighted by atomic mass is 16.5. The van der Waals surface area contributed by atoms with Crippen molar-refractivity contribution >= 4 is 0 Å². The SMILES string of the molecule is CC(O)CCC1CCC(CO)O1.CC(O)CCC1CCCO1. The molecule has 0 amide bonds. The van der Waals surface area contributed by atoms with Crippen molar-refractivity contribution in [2.45, 2.75) is 95.7 Å². The molecule has 2 rings (SSSR count). The summed E-state index contributed by atoms with van der Waals surface area (Å²) in [4.78, 5) is 0. The minimum absolute atomic E-state index is 0.0454. The second-order valence-corrected chi connectivity index (χ2v) is 6.63. The molecule has 0 aromatic rings. The lowest BCUT2D eigenvalue weighted by Crippen LogP contribution is -2.15. The number of ether oxygens (including phenoxy) is 2. The molecule has 5 unspecified atom stereocenters. The number of aliphatic hydroxyl groups excluding tert-OH is 3. The summed E-state index contributed by atoms with van der Waals surface area (Å²) in [6, 6.07) is 0. The summed E-state index contributed by atoms with van der Waals surface area (Å²) in [5.41, 5.74) is 0. The Labute approximate surface area is 134 Å². The van der Waals surface area contributed by atoms with Crippen molar-refractivity contribution in [2.75, 3.05) is 13.2 Å². The van der Waals surface area contributed by atoms with Crippen LogP contribution < -0.4 is 0 Å². The maximum Gasteiger partial charge on any atom is 0.0810 e. The molecule has 0 spiro atoms. The monoisotopic (exact) mass is 318 g/mol. The Bertz CT molecular complexity index is 264. The third-order valence-corrected chi connectivity index (χ3v) is 4.24. The molecule has 3 N–H and O–H groups in total. The van der Waals surface area contributed by atoms with Crippen LogP contribution in [0.5, 0.6) is 0 Å². The molecule has 5 heteroatoms. The van der Waals surface area contributed by atoms with Crippen LogP contribution in [0.3, 0.4) is 0 Å². The quantitative estimate of drug-likeness (QED) is 0.669. The second kappa shape index (κ2) is 11.4. The number of hydrogen-bond acceptors (Lipinski definition) is 5. The first-order valence-corrected chi connectivity index (χ1v) is 8.75. The van der Waals surface area contributed by atoms with Gasteiger partial charge in [0.05, 0.1) is 37.1 Å². The average Bonchev–Trinajstić information content (AvgIpc) is 3.15. The highest BCUT2D eigenvalue weighted by molar-refractivity contribution is 4.73. The smallest absolute Gasteiger partial charge is 0.0810 e. The zero-order valence-electron chi connectivity index (χ0n) is 14.1. The summed E-state index contributed by atoms with van der Waals surface area (Å²) in [6.45, 7) is 4.67. The van der Waals surface area contributed by atoms with E-state index in [9.17, 15) is 0 Å². The van der Waals surface area contributed by atoms with Gasteiger partial charge in [-0.2, -0.15) is 0 Å². The van der Waals surface area contributed by atoms with Gasteiger partial charge < -0.3 is 24.8 Å². The molecule has 2 aliphatic rings. The van der Waals surface area contributed by atoms with E-state index in [1.807, 2.05) is 6.92 Å². The van der Waals surface area contributed by atoms with Gasteiger partial charge in [-0.15, -0.1) is 0 Å². The van der Waals surface area contributed by atoms with Crippen molar-refractivity contribution in [1.82, 2.24) is 0 Å². The second-order valence-electron chi connectivity index (χ2n) is 6.63. The molecule has 2 fully saturated rings. The van der Waals surface area contributed by atoms with Crippen molar-refractivity contribution in [1.29, 1.82) is 0 Å². The van der Waals surface area contributed by atoms with Crippen LogP contribution in [0.15, 0.2) is 0 Å². The van der Waals surface area contributed by atoms with Gasteiger partial charge in [-0.3, -0.25) is 0 Å². The number of hydrogen-bond donors (Lipinski definition) is 3. The van der Waals surface area contributed by atoms with E-state index in [2.05, 4.69) is 0 Å². The topological polar surface area (TPSA) is 79.2 Å². The van der Waals surface area contributed by atoms with Crippen LogP contribution in [-0.2, 0) is 9.47 Å². The number of aliphatic hydroxyl groups is 3. The maximum absolute atomic E-state index is 9.03. The predicted octanol–water partition coefficient (Wildman–Crippen LogP) is 2.01. The zero-order valence-corrected chi connectivity index (χ0v) is 14.1. The van der Waals surface area contributed by atoms with Crippen LogP contribution in [-0.4, -0.2) is 59.1 Å². The minimum atomic E-state index is -0.234. The number of rotatable bonds is 7. The molecule has 132 valence electrons. The van der Waals surface area contributed by atoms with Gasteiger partial charge in [0, 0.05) is 6.61 Å². The van der Waals surface area contributed by atoms with E-state index in [4.69, 9.17) is 24.8 Å². The molecular weight excluding hydrogens is 284 g/mol. The first-order chi connectivity index (χ1) is 10.5. The van der Waals surface area contributed by atoms with Crippen LogP contribution in [0.25, 0.3) is 0 Å². The first kappa shape index (κ1) is 19.8. The Morgan fingerprint density at radius 2 is 1.50 bits per heavy atom. The van der Waals surface area contributed by atoms with Crippen molar-refractivity contribution in [3.05, 3.63) is 0 Å². The molecule has 22 heavy (non-hydrogen) atoms. The van der Waals surface area contributed by atoms with Crippen LogP contribution in [0, 0.1) is 0 Å². The Hall–Kier alpha value is -0.200. The van der Waals surface area contributed by atoms with Crippen molar-refractivity contribution in [3.63, 3.8) is 0 Å². The van der Waals surface area contributed by atoms with Gasteiger partial charge in [0.15, 0.2) is 0 Å². The van der Waals surface area contributed by atoms with E-state index in [1.165, 1.54) is 12.8 Å². The summed E-state index contributed by atoms with van der Waals surface area (Å²) in [6.07, 6.45) is 8.33. The first-order valence-electron chi connectivity index (χ1n) is 8.75. The van der Waals surface area contributed by atoms with Crippen LogP contribution in [0.1, 0.15) is 65.2 Å². The molecule has 0 saturated carbocycles. The molecule has 5 atom stereocenters. The van der Waals surface area contributed by atoms with E-state index in [-0.39, 0.29) is 31.0 Å². The lowest BCUT2D eigenvalue weighted by molar-refractivity contribution is 0.00327. The average molecular weight is 318 g/mol. The lowest BCUT2D eigenvalue weighted by atomic mass is 10.1. The zero-order chi connectivity index (χ0) is 16.4. The van der Waals surface area contributed by atoms with Gasteiger partial charge in [0.2, 0.25) is 0 Å². The minimum Gasteiger partial charge on any atom is -0.394 e. The molecule has 0 aliphatic carbocycles. The van der Waals surface area contributed by atoms with Crippen LogP contribution >= 0.6 is 0 Å². The van der Waals surface area contributed by atoms with E-state index in [0.717, 1.165) is 45.1 Å². The fourth-order valence-corrected chi connectivity index (χ4v) is 2.85. The largest absolute Gasteiger partial charge is 0.394 e. The van der Waals surface area contributed by atoms with Gasteiger partial charge in [-0.05, 0) is 65.2 Å². The fourth-order valence-electron chi connectivity index (χ4n) is 2.85. The van der Waals surface area contributed by atoms with Crippen molar-refractivity contribution < 1.29 is 24.8 Å². The Kier molecular flexibility index (Phi) is 10.2. The molecule has 2 heterocycles. The molecule has 0 radical (unpaired) electrons. The summed E-state index contributed by atoms with van der Waals surface area (Å²) in [5.74, 6) is 0. The maximum atomic E-state index is 9.03. The Morgan fingerprint density at radius 3 is 1.95 bits per heavy atom. The van der Waals surface area contributed by atoms with Gasteiger partial charge in [-0.25, -0.2) is 0 Å². The molecule has 2 saturated heterocycles. The predicted molar refractivity (Wildman–Crippen MR) is 85.8 cm³/mol. The molecule has 0 aromatic heterocycles. The van der Waals surface area contributed by atoms with Crippen LogP contribution in [0.2, 0.25) is 0 Å². The molecular formula is C17H34O5. The lowest BCUT2D eigenvalue weighted by Gasteiger charge is -2.12. The molecule has 2 aliphatic heterocycles. The van der Waals surface area contributed by atoms with E-state index < -0.39 is 0 Å². The Morgan fingerprint density at radius 1 is 0.909 bits per heavy atom. The highest BCUT2D eigenvalue weighted by Gasteiger charge is 2.24.